The van der Waals surface area contributed by atoms with Crippen LogP contribution in [-0.2, 0) is 0 Å². The Kier molecular flexibility index (Phi) is 6.04. The van der Waals surface area contributed by atoms with E-state index >= 15 is 0 Å². The van der Waals surface area contributed by atoms with Crippen LogP contribution in [0.5, 0.6) is 11.5 Å². The smallest absolute Gasteiger partial charge is 0.180 e. The molecule has 0 amide bonds. The number of hydrogen-bond donors (Lipinski definition) is 0. The topological polar surface area (TPSA) is 30.8 Å². The van der Waals surface area contributed by atoms with Crippen LogP contribution in [0.1, 0.15) is 12.5 Å². The molecule has 4 heteroatoms. The normalized spacial score (nSPS) is 10.6. The monoisotopic (exact) mass is 315 g/mol. The number of ether oxygens (including phenoxy) is 2. The molecule has 0 aliphatic rings. The van der Waals surface area contributed by atoms with E-state index in [9.17, 15) is 0 Å². The molecule has 0 aromatic heterocycles. The van der Waals surface area contributed by atoms with Crippen LogP contribution < -0.4 is 9.47 Å². The Morgan fingerprint density at radius 1 is 1.18 bits per heavy atom. The van der Waals surface area contributed by atoms with E-state index in [4.69, 9.17) is 21.1 Å². The molecule has 2 rings (SSSR count). The minimum Gasteiger partial charge on any atom is -0.490 e. The fourth-order valence-electron chi connectivity index (χ4n) is 1.87. The highest BCUT2D eigenvalue weighted by Crippen LogP contribution is 2.36. The number of nitrogens with zero attached hydrogens (tertiary/aromatic N) is 1. The third kappa shape index (κ3) is 4.37. The molecule has 0 spiro atoms. The molecular formula is C18H18ClNO2. The summed E-state index contributed by atoms with van der Waals surface area (Å²) in [7, 11) is 0. The lowest BCUT2D eigenvalue weighted by atomic mass is 10.2. The van der Waals surface area contributed by atoms with Gasteiger partial charge in [0.2, 0.25) is 0 Å². The van der Waals surface area contributed by atoms with Gasteiger partial charge in [0.15, 0.2) is 11.5 Å². The summed E-state index contributed by atoms with van der Waals surface area (Å²) in [6.07, 6.45) is 3.41. The zero-order valence-electron chi connectivity index (χ0n) is 12.5. The number of rotatable bonds is 7. The number of aliphatic imine (C=N–C) groups is 1. The zero-order valence-corrected chi connectivity index (χ0v) is 13.2. The molecule has 114 valence electrons. The molecular weight excluding hydrogens is 298 g/mol. The van der Waals surface area contributed by atoms with Crippen molar-refractivity contribution in [2.75, 3.05) is 13.2 Å². The first-order valence-corrected chi connectivity index (χ1v) is 7.41. The van der Waals surface area contributed by atoms with Crippen LogP contribution in [0.3, 0.4) is 0 Å². The number of hydrogen-bond acceptors (Lipinski definition) is 3. The van der Waals surface area contributed by atoms with Crippen LogP contribution in [0.25, 0.3) is 0 Å². The molecule has 2 aromatic carbocycles. The Morgan fingerprint density at radius 2 is 1.95 bits per heavy atom. The fraction of sp³-hybridized carbons (Fsp3) is 0.167. The number of benzene rings is 2. The van der Waals surface area contributed by atoms with Crippen molar-refractivity contribution in [1.29, 1.82) is 0 Å². The Labute approximate surface area is 135 Å². The molecule has 0 fully saturated rings. The highest BCUT2D eigenvalue weighted by atomic mass is 35.5. The van der Waals surface area contributed by atoms with Crippen LogP contribution in [0.4, 0.5) is 5.69 Å². The molecule has 0 aliphatic carbocycles. The summed E-state index contributed by atoms with van der Waals surface area (Å²) in [6, 6.07) is 13.4. The van der Waals surface area contributed by atoms with Crippen molar-refractivity contribution in [3.8, 4) is 11.5 Å². The summed E-state index contributed by atoms with van der Waals surface area (Å²) in [5.74, 6) is 1.13. The maximum atomic E-state index is 6.29. The van der Waals surface area contributed by atoms with Crippen molar-refractivity contribution in [2.24, 2.45) is 4.99 Å². The molecule has 0 N–H and O–H groups in total. The van der Waals surface area contributed by atoms with Crippen molar-refractivity contribution < 1.29 is 9.47 Å². The van der Waals surface area contributed by atoms with Gasteiger partial charge < -0.3 is 9.47 Å². The van der Waals surface area contributed by atoms with Gasteiger partial charge in [0.1, 0.15) is 6.61 Å². The second-order valence-corrected chi connectivity index (χ2v) is 4.86. The summed E-state index contributed by atoms with van der Waals surface area (Å²) in [5.41, 5.74) is 1.73. The van der Waals surface area contributed by atoms with Crippen molar-refractivity contribution in [3.63, 3.8) is 0 Å². The lowest BCUT2D eigenvalue weighted by molar-refractivity contribution is 0.297. The van der Waals surface area contributed by atoms with E-state index in [1.807, 2.05) is 43.3 Å². The second kappa shape index (κ2) is 8.25. The van der Waals surface area contributed by atoms with Gasteiger partial charge in [0.25, 0.3) is 0 Å². The largest absolute Gasteiger partial charge is 0.490 e. The maximum Gasteiger partial charge on any atom is 0.180 e. The van der Waals surface area contributed by atoms with Gasteiger partial charge in [-0.05, 0) is 36.8 Å². The van der Waals surface area contributed by atoms with Gasteiger partial charge in [-0.15, -0.1) is 0 Å². The van der Waals surface area contributed by atoms with Crippen molar-refractivity contribution in [1.82, 2.24) is 0 Å². The van der Waals surface area contributed by atoms with Gasteiger partial charge in [-0.25, -0.2) is 0 Å². The molecule has 0 radical (unpaired) electrons. The van der Waals surface area contributed by atoms with Gasteiger partial charge in [0, 0.05) is 6.21 Å². The van der Waals surface area contributed by atoms with Gasteiger partial charge >= 0.3 is 0 Å². The van der Waals surface area contributed by atoms with Crippen LogP contribution in [0.2, 0.25) is 5.02 Å². The highest BCUT2D eigenvalue weighted by Gasteiger charge is 2.11. The standard InChI is InChI=1S/C18H18ClNO2/c1-3-10-22-18-16(19)11-14(12-17(18)21-4-2)13-20-15-8-6-5-7-9-15/h3,5-9,11-13H,1,4,10H2,2H3. The van der Waals surface area contributed by atoms with Gasteiger partial charge in [-0.1, -0.05) is 42.5 Å². The third-order valence-corrected chi connectivity index (χ3v) is 3.08. The Balaban J connectivity index is 2.29. The maximum absolute atomic E-state index is 6.29. The van der Waals surface area contributed by atoms with Crippen molar-refractivity contribution in [2.45, 2.75) is 6.92 Å². The lowest BCUT2D eigenvalue weighted by Gasteiger charge is -2.13. The van der Waals surface area contributed by atoms with Crippen LogP contribution >= 0.6 is 11.6 Å². The van der Waals surface area contributed by atoms with Crippen molar-refractivity contribution in [3.05, 3.63) is 65.7 Å². The second-order valence-electron chi connectivity index (χ2n) is 4.46. The summed E-state index contributed by atoms with van der Waals surface area (Å²) in [4.78, 5) is 4.41. The molecule has 0 saturated heterocycles. The molecule has 22 heavy (non-hydrogen) atoms. The number of halogens is 1. The van der Waals surface area contributed by atoms with Crippen LogP contribution in [0, 0.1) is 0 Å². The first kappa shape index (κ1) is 16.1. The predicted octanol–water partition coefficient (Wildman–Crippen LogP) is 5.05. The first-order valence-electron chi connectivity index (χ1n) is 7.03. The average Bonchev–Trinajstić information content (AvgIpc) is 2.53. The summed E-state index contributed by atoms with van der Waals surface area (Å²) in [5, 5.41) is 0.488. The first-order chi connectivity index (χ1) is 10.7. The van der Waals surface area contributed by atoms with E-state index in [-0.39, 0.29) is 0 Å². The Morgan fingerprint density at radius 3 is 2.64 bits per heavy atom. The quantitative estimate of drug-likeness (QED) is 0.528. The van der Waals surface area contributed by atoms with E-state index < -0.39 is 0 Å². The summed E-state index contributed by atoms with van der Waals surface area (Å²) < 4.78 is 11.2. The van der Waals surface area contributed by atoms with E-state index in [1.54, 1.807) is 18.4 Å². The minimum atomic E-state index is 0.372. The molecule has 0 atom stereocenters. The average molecular weight is 316 g/mol. The van der Waals surface area contributed by atoms with E-state index in [2.05, 4.69) is 11.6 Å². The molecule has 0 bridgehead atoms. The third-order valence-electron chi connectivity index (χ3n) is 2.80. The molecule has 2 aromatic rings. The minimum absolute atomic E-state index is 0.372. The SMILES string of the molecule is C=CCOc1c(Cl)cc(C=Nc2ccccc2)cc1OCC. The molecule has 3 nitrogen and oxygen atoms in total. The van der Waals surface area contributed by atoms with Gasteiger partial charge in [0.05, 0.1) is 17.3 Å². The molecule has 0 heterocycles. The molecule has 0 saturated carbocycles. The predicted molar refractivity (Wildman–Crippen MR) is 92.0 cm³/mol. The fourth-order valence-corrected chi connectivity index (χ4v) is 2.14. The molecule has 0 unspecified atom stereocenters. The summed E-state index contributed by atoms with van der Waals surface area (Å²) in [6.45, 7) is 6.44. The Hall–Kier alpha value is -2.26. The zero-order chi connectivity index (χ0) is 15.8. The lowest BCUT2D eigenvalue weighted by Crippen LogP contribution is -2.00. The van der Waals surface area contributed by atoms with E-state index in [1.165, 1.54) is 0 Å². The van der Waals surface area contributed by atoms with E-state index in [0.717, 1.165) is 11.3 Å². The van der Waals surface area contributed by atoms with Crippen LogP contribution in [0.15, 0.2) is 60.1 Å². The number of para-hydroxylation sites is 1. The Bertz CT molecular complexity index is 654. The molecule has 0 aliphatic heterocycles. The highest BCUT2D eigenvalue weighted by molar-refractivity contribution is 6.32. The van der Waals surface area contributed by atoms with Gasteiger partial charge in [-0.2, -0.15) is 0 Å². The summed E-state index contributed by atoms with van der Waals surface area (Å²) >= 11 is 6.29. The van der Waals surface area contributed by atoms with E-state index in [0.29, 0.717) is 29.7 Å². The van der Waals surface area contributed by atoms with Gasteiger partial charge in [-0.3, -0.25) is 4.99 Å². The van der Waals surface area contributed by atoms with Crippen molar-refractivity contribution >= 4 is 23.5 Å². The van der Waals surface area contributed by atoms with Crippen LogP contribution in [-0.4, -0.2) is 19.4 Å².